The Balaban J connectivity index is 2.32. The van der Waals surface area contributed by atoms with Crippen molar-refractivity contribution in [1.82, 2.24) is 4.98 Å². The molecule has 66 valence electrons. The summed E-state index contributed by atoms with van der Waals surface area (Å²) in [6.07, 6.45) is 5.65. The van der Waals surface area contributed by atoms with E-state index in [9.17, 15) is 0 Å². The number of pyridine rings is 1. The fourth-order valence-electron chi connectivity index (χ4n) is 1.50. The van der Waals surface area contributed by atoms with Gasteiger partial charge >= 0.3 is 0 Å². The zero-order valence-corrected chi connectivity index (χ0v) is 7.27. The Morgan fingerprint density at radius 1 is 1.62 bits per heavy atom. The van der Waals surface area contributed by atoms with Crippen LogP contribution in [-0.4, -0.2) is 4.98 Å². The standard InChI is InChI=1S/C10H11N3/c11-5-8-6-13-4-3-9(8)10(12)7-1-2-7/h3-4,6-7,10H,1-2,12H2/t10-/m1/s1. The molecule has 0 spiro atoms. The van der Waals surface area contributed by atoms with Crippen molar-refractivity contribution in [2.24, 2.45) is 11.7 Å². The van der Waals surface area contributed by atoms with E-state index in [1.807, 2.05) is 6.07 Å². The maximum absolute atomic E-state index is 8.82. The van der Waals surface area contributed by atoms with Gasteiger partial charge in [0.15, 0.2) is 0 Å². The van der Waals surface area contributed by atoms with E-state index in [0.29, 0.717) is 11.5 Å². The molecular weight excluding hydrogens is 162 g/mol. The highest BCUT2D eigenvalue weighted by molar-refractivity contribution is 5.37. The molecule has 1 aromatic rings. The predicted octanol–water partition coefficient (Wildman–Crippen LogP) is 1.36. The average Bonchev–Trinajstić information content (AvgIpc) is 3.00. The molecule has 3 heteroatoms. The number of rotatable bonds is 2. The normalized spacial score (nSPS) is 17.8. The molecule has 0 bridgehead atoms. The van der Waals surface area contributed by atoms with Gasteiger partial charge in [-0.25, -0.2) is 0 Å². The third kappa shape index (κ3) is 1.53. The molecule has 0 radical (unpaired) electrons. The number of nitrogens with zero attached hydrogens (tertiary/aromatic N) is 2. The van der Waals surface area contributed by atoms with Crippen LogP contribution in [0, 0.1) is 17.2 Å². The first-order chi connectivity index (χ1) is 6.33. The van der Waals surface area contributed by atoms with E-state index in [1.54, 1.807) is 12.4 Å². The zero-order chi connectivity index (χ0) is 9.26. The van der Waals surface area contributed by atoms with E-state index in [4.69, 9.17) is 11.0 Å². The maximum atomic E-state index is 8.82. The molecule has 0 unspecified atom stereocenters. The van der Waals surface area contributed by atoms with Gasteiger partial charge in [0.1, 0.15) is 6.07 Å². The molecule has 2 rings (SSSR count). The van der Waals surface area contributed by atoms with Crippen molar-refractivity contribution in [1.29, 1.82) is 5.26 Å². The first kappa shape index (κ1) is 8.21. The van der Waals surface area contributed by atoms with Crippen LogP contribution in [0.5, 0.6) is 0 Å². The van der Waals surface area contributed by atoms with E-state index >= 15 is 0 Å². The molecule has 13 heavy (non-hydrogen) atoms. The summed E-state index contributed by atoms with van der Waals surface area (Å²) in [5.74, 6) is 0.578. The lowest BCUT2D eigenvalue weighted by atomic mass is 10.0. The van der Waals surface area contributed by atoms with Gasteiger partial charge in [-0.2, -0.15) is 5.26 Å². The van der Waals surface area contributed by atoms with E-state index < -0.39 is 0 Å². The lowest BCUT2D eigenvalue weighted by Crippen LogP contribution is -2.13. The highest BCUT2D eigenvalue weighted by atomic mass is 14.7. The summed E-state index contributed by atoms with van der Waals surface area (Å²) in [4.78, 5) is 3.90. The quantitative estimate of drug-likeness (QED) is 0.734. The second kappa shape index (κ2) is 3.15. The second-order valence-electron chi connectivity index (χ2n) is 3.44. The molecule has 1 fully saturated rings. The Labute approximate surface area is 77.2 Å². The van der Waals surface area contributed by atoms with Gasteiger partial charge in [0.2, 0.25) is 0 Å². The summed E-state index contributed by atoms with van der Waals surface area (Å²) in [5, 5.41) is 8.82. The maximum Gasteiger partial charge on any atom is 0.101 e. The van der Waals surface area contributed by atoms with Gasteiger partial charge in [-0.05, 0) is 30.4 Å². The Morgan fingerprint density at radius 2 is 2.38 bits per heavy atom. The number of nitrogens with two attached hydrogens (primary N) is 1. The molecule has 1 heterocycles. The predicted molar refractivity (Wildman–Crippen MR) is 48.6 cm³/mol. The van der Waals surface area contributed by atoms with Crippen molar-refractivity contribution < 1.29 is 0 Å². The van der Waals surface area contributed by atoms with Crippen LogP contribution in [0.25, 0.3) is 0 Å². The zero-order valence-electron chi connectivity index (χ0n) is 7.27. The Bertz CT molecular complexity index is 349. The smallest absolute Gasteiger partial charge is 0.101 e. The molecule has 0 amide bonds. The van der Waals surface area contributed by atoms with Crippen molar-refractivity contribution >= 4 is 0 Å². The summed E-state index contributed by atoms with van der Waals surface area (Å²) in [6, 6.07) is 3.99. The van der Waals surface area contributed by atoms with Crippen LogP contribution < -0.4 is 5.73 Å². The van der Waals surface area contributed by atoms with Crippen LogP contribution in [0.15, 0.2) is 18.5 Å². The summed E-state index contributed by atoms with van der Waals surface area (Å²) in [5.41, 5.74) is 7.56. The lowest BCUT2D eigenvalue weighted by Gasteiger charge is -2.11. The molecule has 2 N–H and O–H groups in total. The summed E-state index contributed by atoms with van der Waals surface area (Å²) in [6.45, 7) is 0. The van der Waals surface area contributed by atoms with Crippen molar-refractivity contribution in [2.45, 2.75) is 18.9 Å². The Kier molecular flexibility index (Phi) is 1.99. The fourth-order valence-corrected chi connectivity index (χ4v) is 1.50. The topological polar surface area (TPSA) is 62.7 Å². The molecule has 3 nitrogen and oxygen atoms in total. The van der Waals surface area contributed by atoms with Crippen LogP contribution in [0.3, 0.4) is 0 Å². The number of hydrogen-bond acceptors (Lipinski definition) is 3. The van der Waals surface area contributed by atoms with E-state index in [1.165, 1.54) is 12.8 Å². The molecule has 0 saturated heterocycles. The van der Waals surface area contributed by atoms with Crippen LogP contribution in [0.2, 0.25) is 0 Å². The fraction of sp³-hybridized carbons (Fsp3) is 0.400. The molecule has 0 aliphatic heterocycles. The SMILES string of the molecule is N#Cc1cnccc1[C@H](N)C1CC1. The van der Waals surface area contributed by atoms with Crippen LogP contribution in [0.4, 0.5) is 0 Å². The molecule has 1 atom stereocenters. The molecule has 0 aromatic carbocycles. The minimum Gasteiger partial charge on any atom is -0.324 e. The van der Waals surface area contributed by atoms with Crippen molar-refractivity contribution in [2.75, 3.05) is 0 Å². The molecule has 1 aliphatic carbocycles. The van der Waals surface area contributed by atoms with Gasteiger partial charge in [-0.1, -0.05) is 0 Å². The molecule has 1 saturated carbocycles. The van der Waals surface area contributed by atoms with E-state index in [0.717, 1.165) is 5.56 Å². The highest BCUT2D eigenvalue weighted by Crippen LogP contribution is 2.39. The minimum absolute atomic E-state index is 0.0256. The van der Waals surface area contributed by atoms with Gasteiger partial charge in [0, 0.05) is 18.4 Å². The third-order valence-electron chi connectivity index (χ3n) is 2.46. The van der Waals surface area contributed by atoms with E-state index in [2.05, 4.69) is 11.1 Å². The van der Waals surface area contributed by atoms with E-state index in [-0.39, 0.29) is 6.04 Å². The molecular formula is C10H11N3. The number of nitriles is 1. The van der Waals surface area contributed by atoms with Gasteiger partial charge < -0.3 is 5.73 Å². The summed E-state index contributed by atoms with van der Waals surface area (Å²) in [7, 11) is 0. The largest absolute Gasteiger partial charge is 0.324 e. The van der Waals surface area contributed by atoms with Gasteiger partial charge in [0.25, 0.3) is 0 Å². The van der Waals surface area contributed by atoms with Crippen LogP contribution in [0.1, 0.15) is 30.0 Å². The monoisotopic (exact) mass is 173 g/mol. The van der Waals surface area contributed by atoms with Crippen molar-refractivity contribution in [3.8, 4) is 6.07 Å². The first-order valence-corrected chi connectivity index (χ1v) is 4.42. The second-order valence-corrected chi connectivity index (χ2v) is 3.44. The van der Waals surface area contributed by atoms with Crippen LogP contribution >= 0.6 is 0 Å². The highest BCUT2D eigenvalue weighted by Gasteiger charge is 2.30. The Morgan fingerprint density at radius 3 is 3.00 bits per heavy atom. The first-order valence-electron chi connectivity index (χ1n) is 4.42. The Hall–Kier alpha value is -1.40. The lowest BCUT2D eigenvalue weighted by molar-refractivity contribution is 0.631. The van der Waals surface area contributed by atoms with Crippen molar-refractivity contribution in [3.05, 3.63) is 29.6 Å². The molecule has 1 aliphatic rings. The van der Waals surface area contributed by atoms with Gasteiger partial charge in [-0.15, -0.1) is 0 Å². The number of aromatic nitrogens is 1. The van der Waals surface area contributed by atoms with Gasteiger partial charge in [-0.3, -0.25) is 4.98 Å². The summed E-state index contributed by atoms with van der Waals surface area (Å²) >= 11 is 0. The minimum atomic E-state index is 0.0256. The number of hydrogen-bond donors (Lipinski definition) is 1. The summed E-state index contributed by atoms with van der Waals surface area (Å²) < 4.78 is 0. The van der Waals surface area contributed by atoms with Crippen LogP contribution in [-0.2, 0) is 0 Å². The van der Waals surface area contributed by atoms with Gasteiger partial charge in [0.05, 0.1) is 5.56 Å². The van der Waals surface area contributed by atoms with Crippen molar-refractivity contribution in [3.63, 3.8) is 0 Å². The molecule has 1 aromatic heterocycles. The average molecular weight is 173 g/mol. The third-order valence-corrected chi connectivity index (χ3v) is 2.46.